The highest BCUT2D eigenvalue weighted by atomic mass is 16.1. The number of nitrogen functional groups attached to an aromatic ring is 1. The van der Waals surface area contributed by atoms with Gasteiger partial charge in [0.05, 0.1) is 23.1 Å². The van der Waals surface area contributed by atoms with Crippen LogP contribution in [0.2, 0.25) is 0 Å². The molecule has 5 heteroatoms. The van der Waals surface area contributed by atoms with Gasteiger partial charge in [0, 0.05) is 26.0 Å². The summed E-state index contributed by atoms with van der Waals surface area (Å²) in [5.41, 5.74) is 9.32. The van der Waals surface area contributed by atoms with Crippen LogP contribution in [0.1, 0.15) is 15.9 Å². The molecule has 0 aliphatic rings. The summed E-state index contributed by atoms with van der Waals surface area (Å²) in [5, 5.41) is 2.85. The fourth-order valence-corrected chi connectivity index (χ4v) is 1.93. The molecule has 3 N–H and O–H groups in total. The largest absolute Gasteiger partial charge is 0.398 e. The van der Waals surface area contributed by atoms with Crippen LogP contribution in [0.3, 0.4) is 0 Å². The van der Waals surface area contributed by atoms with E-state index in [9.17, 15) is 4.79 Å². The van der Waals surface area contributed by atoms with Crippen LogP contribution in [-0.2, 0) is 0 Å². The van der Waals surface area contributed by atoms with Gasteiger partial charge in [-0.3, -0.25) is 9.78 Å². The summed E-state index contributed by atoms with van der Waals surface area (Å²) in [5.74, 6) is -0.234. The summed E-state index contributed by atoms with van der Waals surface area (Å²) in [6.07, 6.45) is 3.31. The molecule has 0 aliphatic carbocycles. The van der Waals surface area contributed by atoms with Crippen LogP contribution in [0, 0.1) is 6.92 Å². The Hall–Kier alpha value is -2.56. The average molecular weight is 270 g/mol. The molecule has 1 aromatic carbocycles. The lowest BCUT2D eigenvalue weighted by Crippen LogP contribution is -2.18. The van der Waals surface area contributed by atoms with Gasteiger partial charge < -0.3 is 16.0 Å². The van der Waals surface area contributed by atoms with E-state index in [4.69, 9.17) is 5.73 Å². The van der Waals surface area contributed by atoms with Gasteiger partial charge in [-0.15, -0.1) is 0 Å². The molecule has 20 heavy (non-hydrogen) atoms. The number of hydrogen-bond acceptors (Lipinski definition) is 4. The Labute approximate surface area is 118 Å². The maximum Gasteiger partial charge on any atom is 0.257 e. The standard InChI is InChI=1S/C15H18N4O/c1-10-4-5-12(16)11(8-10)15(20)18-13-9-17-7-6-14(13)19(2)3/h4-9H,16H2,1-3H3,(H,18,20). The molecule has 0 unspecified atom stereocenters. The van der Waals surface area contributed by atoms with Crippen LogP contribution in [0.5, 0.6) is 0 Å². The normalized spacial score (nSPS) is 10.2. The number of nitrogens with one attached hydrogen (secondary N) is 1. The van der Waals surface area contributed by atoms with Gasteiger partial charge in [0.1, 0.15) is 0 Å². The number of anilines is 3. The molecule has 0 radical (unpaired) electrons. The number of amides is 1. The Kier molecular flexibility index (Phi) is 3.89. The molecule has 5 nitrogen and oxygen atoms in total. The number of nitrogens with zero attached hydrogens (tertiary/aromatic N) is 2. The van der Waals surface area contributed by atoms with Crippen molar-refractivity contribution in [2.75, 3.05) is 30.0 Å². The third-order valence-corrected chi connectivity index (χ3v) is 2.98. The van der Waals surface area contributed by atoms with Crippen LogP contribution >= 0.6 is 0 Å². The number of carbonyl (C=O) groups is 1. The van der Waals surface area contributed by atoms with E-state index in [1.54, 1.807) is 24.5 Å². The monoisotopic (exact) mass is 270 g/mol. The van der Waals surface area contributed by atoms with Gasteiger partial charge in [0.25, 0.3) is 5.91 Å². The van der Waals surface area contributed by atoms with Crippen molar-refractivity contribution in [1.82, 2.24) is 4.98 Å². The SMILES string of the molecule is Cc1ccc(N)c(C(=O)Nc2cnccc2N(C)C)c1. The van der Waals surface area contributed by atoms with E-state index in [0.29, 0.717) is 16.9 Å². The minimum atomic E-state index is -0.234. The van der Waals surface area contributed by atoms with Gasteiger partial charge in [-0.1, -0.05) is 11.6 Å². The Bertz CT molecular complexity index is 638. The summed E-state index contributed by atoms with van der Waals surface area (Å²) in [6, 6.07) is 7.23. The van der Waals surface area contributed by atoms with Crippen molar-refractivity contribution in [3.63, 3.8) is 0 Å². The molecule has 0 fully saturated rings. The zero-order chi connectivity index (χ0) is 14.7. The molecule has 104 valence electrons. The number of carbonyl (C=O) groups excluding carboxylic acids is 1. The van der Waals surface area contributed by atoms with Crippen molar-refractivity contribution < 1.29 is 4.79 Å². The van der Waals surface area contributed by atoms with E-state index in [1.807, 2.05) is 38.1 Å². The molecule has 0 atom stereocenters. The molecule has 2 aromatic rings. The number of nitrogens with two attached hydrogens (primary N) is 1. The maximum atomic E-state index is 12.3. The molecule has 1 amide bonds. The zero-order valence-corrected chi connectivity index (χ0v) is 11.8. The lowest BCUT2D eigenvalue weighted by atomic mass is 10.1. The highest BCUT2D eigenvalue weighted by Gasteiger charge is 2.13. The number of rotatable bonds is 3. The van der Waals surface area contributed by atoms with E-state index in [-0.39, 0.29) is 5.91 Å². The highest BCUT2D eigenvalue weighted by Crippen LogP contribution is 2.24. The molecule has 1 aromatic heterocycles. The molecule has 0 spiro atoms. The van der Waals surface area contributed by atoms with Crippen LogP contribution < -0.4 is 16.0 Å². The predicted octanol–water partition coefficient (Wildman–Crippen LogP) is 2.29. The van der Waals surface area contributed by atoms with Crippen LogP contribution in [0.15, 0.2) is 36.7 Å². The minimum absolute atomic E-state index is 0.234. The Morgan fingerprint density at radius 1 is 1.30 bits per heavy atom. The van der Waals surface area contributed by atoms with E-state index in [0.717, 1.165) is 11.3 Å². The van der Waals surface area contributed by atoms with Crippen molar-refractivity contribution in [1.29, 1.82) is 0 Å². The molecule has 0 saturated heterocycles. The van der Waals surface area contributed by atoms with Gasteiger partial charge in [0.15, 0.2) is 0 Å². The van der Waals surface area contributed by atoms with Crippen LogP contribution in [0.25, 0.3) is 0 Å². The van der Waals surface area contributed by atoms with Gasteiger partial charge in [-0.05, 0) is 25.1 Å². The second-order valence-electron chi connectivity index (χ2n) is 4.83. The summed E-state index contributed by atoms with van der Waals surface area (Å²) in [7, 11) is 3.82. The lowest BCUT2D eigenvalue weighted by Gasteiger charge is -2.17. The second-order valence-corrected chi connectivity index (χ2v) is 4.83. The molecule has 0 bridgehead atoms. The Morgan fingerprint density at radius 3 is 2.75 bits per heavy atom. The fourth-order valence-electron chi connectivity index (χ4n) is 1.93. The Balaban J connectivity index is 2.31. The highest BCUT2D eigenvalue weighted by molar-refractivity contribution is 6.09. The average Bonchev–Trinajstić information content (AvgIpc) is 2.41. The first-order valence-electron chi connectivity index (χ1n) is 6.28. The maximum absolute atomic E-state index is 12.3. The van der Waals surface area contributed by atoms with E-state index in [1.165, 1.54) is 0 Å². The van der Waals surface area contributed by atoms with Gasteiger partial charge in [-0.25, -0.2) is 0 Å². The van der Waals surface area contributed by atoms with Crippen molar-refractivity contribution >= 4 is 23.0 Å². The van der Waals surface area contributed by atoms with Crippen molar-refractivity contribution in [3.05, 3.63) is 47.8 Å². The first-order valence-corrected chi connectivity index (χ1v) is 6.28. The number of hydrogen-bond donors (Lipinski definition) is 2. The number of aryl methyl sites for hydroxylation is 1. The number of pyridine rings is 1. The lowest BCUT2D eigenvalue weighted by molar-refractivity contribution is 0.102. The van der Waals surface area contributed by atoms with Gasteiger partial charge in [-0.2, -0.15) is 0 Å². The van der Waals surface area contributed by atoms with Crippen LogP contribution in [-0.4, -0.2) is 25.0 Å². The van der Waals surface area contributed by atoms with E-state index < -0.39 is 0 Å². The first-order chi connectivity index (χ1) is 9.49. The quantitative estimate of drug-likeness (QED) is 0.839. The summed E-state index contributed by atoms with van der Waals surface area (Å²) in [4.78, 5) is 18.3. The predicted molar refractivity (Wildman–Crippen MR) is 82.1 cm³/mol. The van der Waals surface area contributed by atoms with Crippen molar-refractivity contribution in [3.8, 4) is 0 Å². The Morgan fingerprint density at radius 2 is 2.05 bits per heavy atom. The van der Waals surface area contributed by atoms with Crippen molar-refractivity contribution in [2.45, 2.75) is 6.92 Å². The summed E-state index contributed by atoms with van der Waals surface area (Å²) in [6.45, 7) is 1.92. The molecule has 1 heterocycles. The molecular weight excluding hydrogens is 252 g/mol. The smallest absolute Gasteiger partial charge is 0.257 e. The van der Waals surface area contributed by atoms with E-state index >= 15 is 0 Å². The van der Waals surface area contributed by atoms with Gasteiger partial charge >= 0.3 is 0 Å². The summed E-state index contributed by atoms with van der Waals surface area (Å²) >= 11 is 0. The molecule has 0 saturated carbocycles. The van der Waals surface area contributed by atoms with Crippen molar-refractivity contribution in [2.24, 2.45) is 0 Å². The molecule has 0 aliphatic heterocycles. The first kappa shape index (κ1) is 13.9. The summed E-state index contributed by atoms with van der Waals surface area (Å²) < 4.78 is 0. The number of aromatic nitrogens is 1. The van der Waals surface area contributed by atoms with Gasteiger partial charge in [0.2, 0.25) is 0 Å². The second kappa shape index (κ2) is 5.61. The minimum Gasteiger partial charge on any atom is -0.398 e. The topological polar surface area (TPSA) is 71.2 Å². The van der Waals surface area contributed by atoms with E-state index in [2.05, 4.69) is 10.3 Å². The third-order valence-electron chi connectivity index (χ3n) is 2.98. The van der Waals surface area contributed by atoms with Crippen LogP contribution in [0.4, 0.5) is 17.1 Å². The molecule has 2 rings (SSSR count). The number of benzene rings is 1. The fraction of sp³-hybridized carbons (Fsp3) is 0.200. The molecular formula is C15H18N4O. The third kappa shape index (κ3) is 2.88. The zero-order valence-electron chi connectivity index (χ0n) is 11.8.